The highest BCUT2D eigenvalue weighted by atomic mass is 32.1. The average molecular weight is 332 g/mol. The average Bonchev–Trinajstić information content (AvgIpc) is 3.15. The Bertz CT molecular complexity index is 687. The molecule has 1 amide bonds. The quantitative estimate of drug-likeness (QED) is 0.914. The number of aromatic nitrogens is 3. The highest BCUT2D eigenvalue weighted by Gasteiger charge is 2.27. The van der Waals surface area contributed by atoms with Crippen LogP contribution in [0, 0.1) is 6.92 Å². The van der Waals surface area contributed by atoms with Crippen LogP contribution in [-0.2, 0) is 24.2 Å². The Morgan fingerprint density at radius 1 is 1.43 bits per heavy atom. The van der Waals surface area contributed by atoms with Crippen LogP contribution >= 0.6 is 11.3 Å². The van der Waals surface area contributed by atoms with E-state index < -0.39 is 0 Å². The second kappa shape index (κ2) is 6.83. The number of amides is 1. The monoisotopic (exact) mass is 332 g/mol. The molecule has 0 spiro atoms. The Morgan fingerprint density at radius 2 is 2.22 bits per heavy atom. The van der Waals surface area contributed by atoms with Crippen molar-refractivity contribution in [1.29, 1.82) is 0 Å². The van der Waals surface area contributed by atoms with E-state index in [1.54, 1.807) is 11.3 Å². The molecule has 1 aliphatic heterocycles. The fourth-order valence-corrected chi connectivity index (χ4v) is 3.91. The number of H-pyrrole nitrogens is 1. The van der Waals surface area contributed by atoms with E-state index in [-0.39, 0.29) is 5.91 Å². The van der Waals surface area contributed by atoms with Crippen molar-refractivity contribution in [2.75, 3.05) is 6.54 Å². The summed E-state index contributed by atoms with van der Waals surface area (Å²) in [5.74, 6) is 0.642. The predicted molar refractivity (Wildman–Crippen MR) is 91.6 cm³/mol. The van der Waals surface area contributed by atoms with Crippen LogP contribution in [0.2, 0.25) is 0 Å². The van der Waals surface area contributed by atoms with Gasteiger partial charge in [0, 0.05) is 42.1 Å². The zero-order chi connectivity index (χ0) is 16.4. The first kappa shape index (κ1) is 16.2. The van der Waals surface area contributed by atoms with Gasteiger partial charge in [-0.2, -0.15) is 5.10 Å². The standard InChI is InChI=1S/C17H24N4OS/c1-4-12(5-2)17-14-9-21(7-6-15(14)19-20-17)16(22)8-13-10-23-11(3)18-13/h10,12H,4-9H2,1-3H3,(H,19,20). The molecule has 0 unspecified atom stereocenters. The SMILES string of the molecule is CCC(CC)c1n[nH]c2c1CN(C(=O)Cc1csc(C)n1)CC2. The minimum atomic E-state index is 0.164. The summed E-state index contributed by atoms with van der Waals surface area (Å²) in [7, 11) is 0. The second-order valence-electron chi connectivity index (χ2n) is 6.18. The third-order valence-corrected chi connectivity index (χ3v) is 5.51. The molecule has 0 saturated heterocycles. The van der Waals surface area contributed by atoms with Gasteiger partial charge in [0.05, 0.1) is 22.8 Å². The molecule has 0 bridgehead atoms. The molecule has 0 aliphatic carbocycles. The van der Waals surface area contributed by atoms with Crippen molar-refractivity contribution >= 4 is 17.2 Å². The number of nitrogens with one attached hydrogen (secondary N) is 1. The maximum absolute atomic E-state index is 12.6. The number of carbonyl (C=O) groups excluding carboxylic acids is 1. The lowest BCUT2D eigenvalue weighted by molar-refractivity contribution is -0.131. The van der Waals surface area contributed by atoms with Gasteiger partial charge in [0.25, 0.3) is 0 Å². The Labute approximate surface area is 141 Å². The third-order valence-electron chi connectivity index (χ3n) is 4.69. The molecule has 2 aromatic heterocycles. The van der Waals surface area contributed by atoms with Gasteiger partial charge in [0.15, 0.2) is 0 Å². The van der Waals surface area contributed by atoms with Crippen molar-refractivity contribution in [3.05, 3.63) is 33.0 Å². The van der Waals surface area contributed by atoms with Crippen LogP contribution < -0.4 is 0 Å². The topological polar surface area (TPSA) is 61.9 Å². The van der Waals surface area contributed by atoms with Crippen LogP contribution in [0.15, 0.2) is 5.38 Å². The summed E-state index contributed by atoms with van der Waals surface area (Å²) in [6.07, 6.45) is 3.43. The van der Waals surface area contributed by atoms with Gasteiger partial charge in [-0.05, 0) is 19.8 Å². The normalized spacial score (nSPS) is 14.3. The Balaban J connectivity index is 1.74. The number of hydrogen-bond acceptors (Lipinski definition) is 4. The first-order valence-corrected chi connectivity index (χ1v) is 9.25. The number of hydrogen-bond donors (Lipinski definition) is 1. The number of fused-ring (bicyclic) bond motifs is 1. The summed E-state index contributed by atoms with van der Waals surface area (Å²) in [5, 5.41) is 10.7. The first-order valence-electron chi connectivity index (χ1n) is 8.37. The van der Waals surface area contributed by atoms with Crippen LogP contribution in [0.25, 0.3) is 0 Å². The van der Waals surface area contributed by atoms with E-state index in [1.807, 2.05) is 17.2 Å². The number of thiazole rings is 1. The summed E-state index contributed by atoms with van der Waals surface area (Å²) < 4.78 is 0. The number of nitrogens with zero attached hydrogens (tertiary/aromatic N) is 3. The lowest BCUT2D eigenvalue weighted by atomic mass is 9.93. The minimum absolute atomic E-state index is 0.164. The van der Waals surface area contributed by atoms with E-state index in [0.29, 0.717) is 18.9 Å². The summed E-state index contributed by atoms with van der Waals surface area (Å²) in [6.45, 7) is 7.81. The number of carbonyl (C=O) groups is 1. The van der Waals surface area contributed by atoms with Gasteiger partial charge in [-0.1, -0.05) is 13.8 Å². The lowest BCUT2D eigenvalue weighted by Crippen LogP contribution is -2.37. The molecule has 124 valence electrons. The number of rotatable bonds is 5. The van der Waals surface area contributed by atoms with Gasteiger partial charge in [-0.3, -0.25) is 9.89 Å². The molecule has 0 fully saturated rings. The molecule has 2 aromatic rings. The van der Waals surface area contributed by atoms with Crippen molar-refractivity contribution in [1.82, 2.24) is 20.1 Å². The maximum Gasteiger partial charge on any atom is 0.228 e. The van der Waals surface area contributed by atoms with Crippen molar-refractivity contribution in [3.8, 4) is 0 Å². The summed E-state index contributed by atoms with van der Waals surface area (Å²) in [6, 6.07) is 0. The summed E-state index contributed by atoms with van der Waals surface area (Å²) in [4.78, 5) is 18.9. The maximum atomic E-state index is 12.6. The van der Waals surface area contributed by atoms with E-state index in [0.717, 1.165) is 42.2 Å². The molecule has 3 heterocycles. The third kappa shape index (κ3) is 3.32. The molecule has 0 atom stereocenters. The molecular formula is C17H24N4OS. The molecule has 0 saturated carbocycles. The fraction of sp³-hybridized carbons (Fsp3) is 0.588. The van der Waals surface area contributed by atoms with E-state index in [1.165, 1.54) is 11.3 Å². The second-order valence-corrected chi connectivity index (χ2v) is 7.24. The van der Waals surface area contributed by atoms with Crippen molar-refractivity contribution < 1.29 is 4.79 Å². The summed E-state index contributed by atoms with van der Waals surface area (Å²) in [5.41, 5.74) is 4.50. The Kier molecular flexibility index (Phi) is 4.80. The van der Waals surface area contributed by atoms with Gasteiger partial charge < -0.3 is 4.90 Å². The zero-order valence-corrected chi connectivity index (χ0v) is 14.9. The molecule has 1 N–H and O–H groups in total. The zero-order valence-electron chi connectivity index (χ0n) is 14.1. The molecule has 0 radical (unpaired) electrons. The molecular weight excluding hydrogens is 308 g/mol. The predicted octanol–water partition coefficient (Wildman–Crippen LogP) is 3.21. The van der Waals surface area contributed by atoms with E-state index in [9.17, 15) is 4.79 Å². The molecule has 0 aromatic carbocycles. The van der Waals surface area contributed by atoms with Crippen LogP contribution in [-0.4, -0.2) is 32.5 Å². The molecule has 6 heteroatoms. The van der Waals surface area contributed by atoms with E-state index in [2.05, 4.69) is 29.0 Å². The Morgan fingerprint density at radius 3 is 2.87 bits per heavy atom. The van der Waals surface area contributed by atoms with Gasteiger partial charge in [0.1, 0.15) is 0 Å². The number of aryl methyl sites for hydroxylation is 1. The van der Waals surface area contributed by atoms with E-state index >= 15 is 0 Å². The van der Waals surface area contributed by atoms with Gasteiger partial charge in [0.2, 0.25) is 5.91 Å². The Hall–Kier alpha value is -1.69. The summed E-state index contributed by atoms with van der Waals surface area (Å²) >= 11 is 1.60. The van der Waals surface area contributed by atoms with Crippen LogP contribution in [0.5, 0.6) is 0 Å². The molecule has 1 aliphatic rings. The van der Waals surface area contributed by atoms with Crippen LogP contribution in [0.4, 0.5) is 0 Å². The number of aromatic amines is 1. The fourth-order valence-electron chi connectivity index (χ4n) is 3.30. The van der Waals surface area contributed by atoms with Gasteiger partial charge in [-0.25, -0.2) is 4.98 Å². The molecule has 3 rings (SSSR count). The lowest BCUT2D eigenvalue weighted by Gasteiger charge is -2.28. The van der Waals surface area contributed by atoms with Crippen molar-refractivity contribution in [3.63, 3.8) is 0 Å². The molecule has 23 heavy (non-hydrogen) atoms. The highest BCUT2D eigenvalue weighted by molar-refractivity contribution is 7.09. The van der Waals surface area contributed by atoms with E-state index in [4.69, 9.17) is 0 Å². The van der Waals surface area contributed by atoms with Crippen LogP contribution in [0.3, 0.4) is 0 Å². The minimum Gasteiger partial charge on any atom is -0.338 e. The highest BCUT2D eigenvalue weighted by Crippen LogP contribution is 2.29. The largest absolute Gasteiger partial charge is 0.338 e. The van der Waals surface area contributed by atoms with Gasteiger partial charge in [-0.15, -0.1) is 11.3 Å². The van der Waals surface area contributed by atoms with Crippen molar-refractivity contribution in [2.45, 2.75) is 58.9 Å². The first-order chi connectivity index (χ1) is 11.1. The smallest absolute Gasteiger partial charge is 0.228 e. The van der Waals surface area contributed by atoms with Crippen molar-refractivity contribution in [2.24, 2.45) is 0 Å². The molecule has 5 nitrogen and oxygen atoms in total. The van der Waals surface area contributed by atoms with Gasteiger partial charge >= 0.3 is 0 Å². The van der Waals surface area contributed by atoms with Crippen LogP contribution in [0.1, 0.15) is 60.3 Å².